The van der Waals surface area contributed by atoms with Crippen molar-refractivity contribution in [1.29, 1.82) is 0 Å². The Morgan fingerprint density at radius 1 is 1.12 bits per heavy atom. The van der Waals surface area contributed by atoms with E-state index in [2.05, 4.69) is 14.7 Å². The van der Waals surface area contributed by atoms with Crippen LogP contribution in [-0.4, -0.2) is 18.4 Å². The van der Waals surface area contributed by atoms with Crippen molar-refractivity contribution in [1.82, 2.24) is 14.7 Å². The lowest BCUT2D eigenvalue weighted by atomic mass is 10.2. The summed E-state index contributed by atoms with van der Waals surface area (Å²) in [6, 6.07) is 4.56. The maximum absolute atomic E-state index is 13.6. The van der Waals surface area contributed by atoms with Gasteiger partial charge in [-0.15, -0.1) is 0 Å². The third kappa shape index (κ3) is 4.44. The third-order valence-electron chi connectivity index (χ3n) is 3.38. The number of hydrogen-bond acceptors (Lipinski definition) is 5. The monoisotopic (exact) mass is 381 g/mol. The molecule has 1 N–H and O–H groups in total. The van der Waals surface area contributed by atoms with Gasteiger partial charge in [-0.25, -0.2) is 21.9 Å². The van der Waals surface area contributed by atoms with E-state index in [1.807, 2.05) is 16.8 Å². The van der Waals surface area contributed by atoms with E-state index in [4.69, 9.17) is 0 Å². The molecule has 1 aromatic carbocycles. The quantitative estimate of drug-likeness (QED) is 0.712. The zero-order chi connectivity index (χ0) is 17.9. The van der Waals surface area contributed by atoms with Gasteiger partial charge in [0.15, 0.2) is 0 Å². The van der Waals surface area contributed by atoms with Crippen LogP contribution in [-0.2, 0) is 22.3 Å². The molecule has 3 rings (SSSR count). The van der Waals surface area contributed by atoms with Crippen molar-refractivity contribution in [2.75, 3.05) is 0 Å². The lowest BCUT2D eigenvalue weighted by Gasteiger charge is -2.09. The fraction of sp³-hybridized carbons (Fsp3) is 0.125. The van der Waals surface area contributed by atoms with Crippen LogP contribution in [0.1, 0.15) is 11.3 Å². The van der Waals surface area contributed by atoms with Crippen molar-refractivity contribution in [3.8, 4) is 11.3 Å². The second-order valence-corrected chi connectivity index (χ2v) is 7.77. The van der Waals surface area contributed by atoms with Crippen LogP contribution in [0.2, 0.25) is 0 Å². The molecule has 0 radical (unpaired) electrons. The summed E-state index contributed by atoms with van der Waals surface area (Å²) >= 11 is 1.49. The maximum Gasteiger partial charge on any atom is 0.216 e. The minimum Gasteiger partial charge on any atom is -0.256 e. The Hall–Kier alpha value is -2.23. The van der Waals surface area contributed by atoms with Gasteiger partial charge >= 0.3 is 0 Å². The van der Waals surface area contributed by atoms with E-state index in [1.54, 1.807) is 0 Å². The molecular formula is C16H13F2N3O2S2. The number of halogens is 2. The van der Waals surface area contributed by atoms with Gasteiger partial charge in [0.05, 0.1) is 23.7 Å². The van der Waals surface area contributed by atoms with Crippen LogP contribution >= 0.6 is 11.3 Å². The Morgan fingerprint density at radius 2 is 1.92 bits per heavy atom. The summed E-state index contributed by atoms with van der Waals surface area (Å²) in [7, 11) is -3.88. The van der Waals surface area contributed by atoms with Crippen LogP contribution in [0.4, 0.5) is 8.78 Å². The summed E-state index contributed by atoms with van der Waals surface area (Å²) in [4.78, 5) is 8.39. The summed E-state index contributed by atoms with van der Waals surface area (Å²) in [6.45, 7) is -0.0989. The first-order valence-electron chi connectivity index (χ1n) is 7.18. The average Bonchev–Trinajstić information content (AvgIpc) is 3.11. The molecule has 130 valence electrons. The fourth-order valence-corrected chi connectivity index (χ4v) is 3.95. The van der Waals surface area contributed by atoms with Gasteiger partial charge < -0.3 is 0 Å². The highest BCUT2D eigenvalue weighted by Gasteiger charge is 2.17. The lowest BCUT2D eigenvalue weighted by molar-refractivity contribution is 0.569. The van der Waals surface area contributed by atoms with Gasteiger partial charge in [0, 0.05) is 28.9 Å². The second kappa shape index (κ2) is 7.34. The zero-order valence-corrected chi connectivity index (χ0v) is 14.4. The van der Waals surface area contributed by atoms with Gasteiger partial charge in [0.25, 0.3) is 0 Å². The Labute approximate surface area is 147 Å². The van der Waals surface area contributed by atoms with Crippen molar-refractivity contribution in [2.45, 2.75) is 12.3 Å². The van der Waals surface area contributed by atoms with Gasteiger partial charge in [0.1, 0.15) is 11.6 Å². The molecule has 0 unspecified atom stereocenters. The van der Waals surface area contributed by atoms with E-state index in [1.165, 1.54) is 23.7 Å². The number of rotatable bonds is 6. The van der Waals surface area contributed by atoms with Crippen LogP contribution in [0.3, 0.4) is 0 Å². The second-order valence-electron chi connectivity index (χ2n) is 5.18. The first kappa shape index (κ1) is 17.6. The summed E-state index contributed by atoms with van der Waals surface area (Å²) in [5, 5.41) is 3.76. The molecule has 2 aromatic heterocycles. The Morgan fingerprint density at radius 3 is 2.68 bits per heavy atom. The van der Waals surface area contributed by atoms with E-state index < -0.39 is 27.4 Å². The number of nitrogens with one attached hydrogen (secondary N) is 1. The van der Waals surface area contributed by atoms with Crippen LogP contribution < -0.4 is 4.72 Å². The van der Waals surface area contributed by atoms with E-state index >= 15 is 0 Å². The standard InChI is InChI=1S/C16H13F2N3O2S2/c17-13-1-2-14(18)12(7-13)10-25(22,23)21-8-15-16(20-5-4-19-15)11-3-6-24-9-11/h1-7,9,21H,8,10H2. The van der Waals surface area contributed by atoms with Crippen LogP contribution in [0.5, 0.6) is 0 Å². The molecule has 0 fully saturated rings. The summed E-state index contributed by atoms with van der Waals surface area (Å²) in [5.74, 6) is -2.13. The smallest absolute Gasteiger partial charge is 0.216 e. The van der Waals surface area contributed by atoms with Crippen molar-refractivity contribution >= 4 is 21.4 Å². The highest BCUT2D eigenvalue weighted by atomic mass is 32.2. The molecule has 0 saturated heterocycles. The molecule has 0 spiro atoms. The molecule has 0 saturated carbocycles. The lowest BCUT2D eigenvalue weighted by Crippen LogP contribution is -2.26. The van der Waals surface area contributed by atoms with Gasteiger partial charge in [0.2, 0.25) is 10.0 Å². The van der Waals surface area contributed by atoms with Gasteiger partial charge in [-0.05, 0) is 29.6 Å². The predicted octanol–water partition coefficient (Wildman–Crippen LogP) is 3.10. The van der Waals surface area contributed by atoms with E-state index in [-0.39, 0.29) is 12.1 Å². The average molecular weight is 381 g/mol. The molecule has 0 atom stereocenters. The molecule has 9 heteroatoms. The maximum atomic E-state index is 13.6. The van der Waals surface area contributed by atoms with Crippen LogP contribution in [0, 0.1) is 11.6 Å². The number of aromatic nitrogens is 2. The normalized spacial score (nSPS) is 11.6. The molecule has 25 heavy (non-hydrogen) atoms. The third-order valence-corrected chi connectivity index (χ3v) is 5.34. The number of benzene rings is 1. The minimum absolute atomic E-state index is 0.0989. The van der Waals surface area contributed by atoms with E-state index in [9.17, 15) is 17.2 Å². The largest absolute Gasteiger partial charge is 0.256 e. The van der Waals surface area contributed by atoms with Crippen molar-refractivity contribution < 1.29 is 17.2 Å². The molecule has 0 aliphatic heterocycles. The zero-order valence-electron chi connectivity index (χ0n) is 12.8. The van der Waals surface area contributed by atoms with Crippen LogP contribution in [0.25, 0.3) is 11.3 Å². The number of thiophene rings is 1. The molecule has 0 bridgehead atoms. The van der Waals surface area contributed by atoms with Crippen molar-refractivity contribution in [3.63, 3.8) is 0 Å². The summed E-state index contributed by atoms with van der Waals surface area (Å²) < 4.78 is 53.6. The number of sulfonamides is 1. The SMILES string of the molecule is O=S(=O)(Cc1cc(F)ccc1F)NCc1nccnc1-c1ccsc1. The molecule has 0 amide bonds. The molecule has 0 aliphatic carbocycles. The number of nitrogens with zero attached hydrogens (tertiary/aromatic N) is 2. The predicted molar refractivity (Wildman–Crippen MR) is 91.2 cm³/mol. The highest BCUT2D eigenvalue weighted by molar-refractivity contribution is 7.88. The van der Waals surface area contributed by atoms with Crippen LogP contribution in [0.15, 0.2) is 47.4 Å². The van der Waals surface area contributed by atoms with E-state index in [0.29, 0.717) is 11.4 Å². The summed E-state index contributed by atoms with van der Waals surface area (Å²) in [6.07, 6.45) is 2.98. The first-order chi connectivity index (χ1) is 11.9. The summed E-state index contributed by atoms with van der Waals surface area (Å²) in [5.41, 5.74) is 1.63. The Balaban J connectivity index is 1.76. The van der Waals surface area contributed by atoms with Crippen molar-refractivity contribution in [3.05, 3.63) is 70.3 Å². The topological polar surface area (TPSA) is 72.0 Å². The molecular weight excluding hydrogens is 368 g/mol. The minimum atomic E-state index is -3.88. The van der Waals surface area contributed by atoms with E-state index in [0.717, 1.165) is 23.8 Å². The first-order valence-corrected chi connectivity index (χ1v) is 9.78. The van der Waals surface area contributed by atoms with Crippen molar-refractivity contribution in [2.24, 2.45) is 0 Å². The molecule has 2 heterocycles. The fourth-order valence-electron chi connectivity index (χ4n) is 2.22. The molecule has 0 aliphatic rings. The Bertz CT molecular complexity index is 977. The molecule has 3 aromatic rings. The van der Waals surface area contributed by atoms with Gasteiger partial charge in [-0.3, -0.25) is 9.97 Å². The van der Waals surface area contributed by atoms with Gasteiger partial charge in [-0.2, -0.15) is 11.3 Å². The molecule has 5 nitrogen and oxygen atoms in total. The highest BCUT2D eigenvalue weighted by Crippen LogP contribution is 2.22. The Kier molecular flexibility index (Phi) is 5.16. The number of hydrogen-bond donors (Lipinski definition) is 1. The van der Waals surface area contributed by atoms with Gasteiger partial charge in [-0.1, -0.05) is 0 Å².